The molecule has 6 nitrogen and oxygen atoms in total. The minimum absolute atomic E-state index is 0. The molecule has 1 aromatic rings. The molecule has 154 valence electrons. The number of benzene rings is 1. The van der Waals surface area contributed by atoms with E-state index in [2.05, 4.69) is 18.3 Å². The molecule has 0 bridgehead atoms. The standard InChI is InChI=1S/C21H24N4O2S.ClH/c1-2-3-8-24-21(27)16-9-18-19(20(26)17(23)13-28-18)25(12-16)11-15-6-4-14(10-22)5-7-15;/h4-7,9,12,17,19H,2-3,8,11,13,23H2,1H3,(H,24,27);1H/t17-,19?;/m0./s1. The number of carbonyl (C=O) groups is 2. The number of amides is 1. The monoisotopic (exact) mass is 432 g/mol. The highest BCUT2D eigenvalue weighted by Crippen LogP contribution is 2.35. The topological polar surface area (TPSA) is 99.2 Å². The Morgan fingerprint density at radius 2 is 2.10 bits per heavy atom. The highest BCUT2D eigenvalue weighted by atomic mass is 35.5. The van der Waals surface area contributed by atoms with Crippen molar-refractivity contribution in [3.63, 3.8) is 0 Å². The zero-order chi connectivity index (χ0) is 20.1. The van der Waals surface area contributed by atoms with E-state index in [1.807, 2.05) is 23.1 Å². The molecule has 29 heavy (non-hydrogen) atoms. The number of hydrogen-bond acceptors (Lipinski definition) is 6. The van der Waals surface area contributed by atoms with Gasteiger partial charge in [-0.05, 0) is 30.2 Å². The van der Waals surface area contributed by atoms with Crippen LogP contribution in [0.3, 0.4) is 0 Å². The number of hydrogen-bond donors (Lipinski definition) is 2. The summed E-state index contributed by atoms with van der Waals surface area (Å²) in [6.07, 6.45) is 5.50. The van der Waals surface area contributed by atoms with Gasteiger partial charge in [-0.25, -0.2) is 0 Å². The number of nitrogens with one attached hydrogen (secondary N) is 1. The Hall–Kier alpha value is -2.27. The number of Topliss-reactive ketones (excluding diaryl/α,β-unsaturated/α-hetero) is 1. The lowest BCUT2D eigenvalue weighted by molar-refractivity contribution is -0.123. The van der Waals surface area contributed by atoms with Crippen LogP contribution in [0.15, 0.2) is 47.0 Å². The summed E-state index contributed by atoms with van der Waals surface area (Å²) in [5.41, 5.74) is 8.08. The molecule has 1 unspecified atom stereocenters. The first-order chi connectivity index (χ1) is 13.5. The van der Waals surface area contributed by atoms with Crippen molar-refractivity contribution in [1.82, 2.24) is 10.2 Å². The molecule has 0 radical (unpaired) electrons. The first-order valence-corrected chi connectivity index (χ1v) is 10.4. The maximum absolute atomic E-state index is 12.8. The zero-order valence-corrected chi connectivity index (χ0v) is 17.9. The average molecular weight is 433 g/mol. The van der Waals surface area contributed by atoms with E-state index >= 15 is 0 Å². The third-order valence-corrected chi connectivity index (χ3v) is 5.99. The van der Waals surface area contributed by atoms with Crippen LogP contribution in [-0.4, -0.2) is 41.0 Å². The minimum atomic E-state index is -0.510. The number of nitrogens with zero attached hydrogens (tertiary/aromatic N) is 2. The summed E-state index contributed by atoms with van der Waals surface area (Å²) in [5.74, 6) is 0.365. The third kappa shape index (κ3) is 5.41. The smallest absolute Gasteiger partial charge is 0.252 e. The predicted octanol–water partition coefficient (Wildman–Crippen LogP) is 2.49. The van der Waals surface area contributed by atoms with Crippen LogP contribution >= 0.6 is 24.2 Å². The van der Waals surface area contributed by atoms with Crippen LogP contribution in [-0.2, 0) is 16.1 Å². The highest BCUT2D eigenvalue weighted by Gasteiger charge is 2.39. The normalized spacial score (nSPS) is 20.6. The molecule has 3 N–H and O–H groups in total. The van der Waals surface area contributed by atoms with E-state index in [-0.39, 0.29) is 24.1 Å². The molecule has 3 rings (SSSR count). The molecular formula is C21H25ClN4O2S. The van der Waals surface area contributed by atoms with E-state index in [4.69, 9.17) is 11.0 Å². The van der Waals surface area contributed by atoms with E-state index in [0.717, 1.165) is 23.3 Å². The fourth-order valence-corrected chi connectivity index (χ4v) is 4.37. The Morgan fingerprint density at radius 3 is 2.76 bits per heavy atom. The number of unbranched alkanes of at least 4 members (excludes halogenated alkanes) is 1. The van der Waals surface area contributed by atoms with E-state index in [9.17, 15) is 9.59 Å². The van der Waals surface area contributed by atoms with Gasteiger partial charge >= 0.3 is 0 Å². The molecule has 2 aliphatic heterocycles. The second-order valence-corrected chi connectivity index (χ2v) is 8.04. The summed E-state index contributed by atoms with van der Waals surface area (Å²) in [6, 6.07) is 8.37. The summed E-state index contributed by atoms with van der Waals surface area (Å²) in [6.45, 7) is 3.16. The van der Waals surface area contributed by atoms with Crippen LogP contribution in [0.4, 0.5) is 0 Å². The number of nitrogens with two attached hydrogens (primary N) is 1. The molecule has 1 amide bonds. The highest BCUT2D eigenvalue weighted by molar-refractivity contribution is 8.03. The molecule has 2 aliphatic rings. The van der Waals surface area contributed by atoms with E-state index < -0.39 is 12.1 Å². The molecule has 8 heteroatoms. The van der Waals surface area contributed by atoms with Gasteiger partial charge in [0.05, 0.1) is 23.2 Å². The number of thioether (sulfide) groups is 1. The summed E-state index contributed by atoms with van der Waals surface area (Å²) in [5, 5.41) is 11.9. The Balaban J connectivity index is 0.00000300. The van der Waals surface area contributed by atoms with Crippen LogP contribution in [0, 0.1) is 11.3 Å². The molecule has 0 saturated carbocycles. The van der Waals surface area contributed by atoms with Crippen molar-refractivity contribution in [2.75, 3.05) is 12.3 Å². The molecule has 2 atom stereocenters. The molecule has 1 fully saturated rings. The van der Waals surface area contributed by atoms with Crippen molar-refractivity contribution in [3.05, 3.63) is 58.1 Å². The van der Waals surface area contributed by atoms with Gasteiger partial charge in [0.25, 0.3) is 5.91 Å². The van der Waals surface area contributed by atoms with Crippen LogP contribution in [0.2, 0.25) is 0 Å². The van der Waals surface area contributed by atoms with Crippen molar-refractivity contribution in [3.8, 4) is 6.07 Å². The van der Waals surface area contributed by atoms with Crippen LogP contribution in [0.1, 0.15) is 30.9 Å². The van der Waals surface area contributed by atoms with Crippen LogP contribution in [0.25, 0.3) is 0 Å². The molecular weight excluding hydrogens is 408 g/mol. The van der Waals surface area contributed by atoms with Crippen LogP contribution in [0.5, 0.6) is 0 Å². The lowest BCUT2D eigenvalue weighted by atomic mass is 9.98. The lowest BCUT2D eigenvalue weighted by Gasteiger charge is -2.39. The number of ketones is 1. The Bertz CT molecular complexity index is 860. The molecule has 0 aromatic heterocycles. The Labute approximate surface area is 181 Å². The molecule has 0 aliphatic carbocycles. The largest absolute Gasteiger partial charge is 0.358 e. The third-order valence-electron chi connectivity index (χ3n) is 4.79. The van der Waals surface area contributed by atoms with Gasteiger partial charge in [0.2, 0.25) is 0 Å². The summed E-state index contributed by atoms with van der Waals surface area (Å²) in [7, 11) is 0. The number of carbonyl (C=O) groups excluding carboxylic acids is 2. The van der Waals surface area contributed by atoms with Crippen molar-refractivity contribution in [1.29, 1.82) is 5.26 Å². The number of rotatable bonds is 6. The second kappa shape index (κ2) is 10.5. The average Bonchev–Trinajstić information content (AvgIpc) is 2.71. The fraction of sp³-hybridized carbons (Fsp3) is 0.381. The van der Waals surface area contributed by atoms with Gasteiger partial charge in [0.1, 0.15) is 6.04 Å². The summed E-state index contributed by atoms with van der Waals surface area (Å²) < 4.78 is 0. The number of nitriles is 1. The quantitative estimate of drug-likeness (QED) is 0.670. The van der Waals surface area contributed by atoms with Gasteiger partial charge in [-0.2, -0.15) is 5.26 Å². The zero-order valence-electron chi connectivity index (χ0n) is 16.3. The van der Waals surface area contributed by atoms with Gasteiger partial charge in [-0.15, -0.1) is 24.2 Å². The van der Waals surface area contributed by atoms with Gasteiger partial charge in [-0.3, -0.25) is 9.59 Å². The van der Waals surface area contributed by atoms with E-state index in [1.165, 1.54) is 11.8 Å². The molecule has 1 saturated heterocycles. The van der Waals surface area contributed by atoms with Gasteiger partial charge in [-0.1, -0.05) is 25.5 Å². The Morgan fingerprint density at radius 1 is 1.38 bits per heavy atom. The SMILES string of the molecule is CCCCNC(=O)C1=CN(Cc2ccc(C#N)cc2)C2C(=O)[C@@H](N)CSC2=C1.Cl. The van der Waals surface area contributed by atoms with Crippen molar-refractivity contribution < 1.29 is 9.59 Å². The second-order valence-electron chi connectivity index (χ2n) is 6.94. The molecule has 1 aromatic carbocycles. The van der Waals surface area contributed by atoms with Crippen molar-refractivity contribution >= 4 is 35.9 Å². The van der Waals surface area contributed by atoms with Crippen molar-refractivity contribution in [2.45, 2.75) is 38.4 Å². The van der Waals surface area contributed by atoms with Crippen LogP contribution < -0.4 is 11.1 Å². The molecule has 2 heterocycles. The number of fused-ring (bicyclic) bond motifs is 1. The molecule has 0 spiro atoms. The van der Waals surface area contributed by atoms with Gasteiger partial charge < -0.3 is 16.0 Å². The first-order valence-electron chi connectivity index (χ1n) is 9.42. The van der Waals surface area contributed by atoms with E-state index in [1.54, 1.807) is 18.3 Å². The fourth-order valence-electron chi connectivity index (χ4n) is 3.22. The maximum Gasteiger partial charge on any atom is 0.252 e. The maximum atomic E-state index is 12.8. The summed E-state index contributed by atoms with van der Waals surface area (Å²) in [4.78, 5) is 28.1. The minimum Gasteiger partial charge on any atom is -0.358 e. The first kappa shape index (κ1) is 23.0. The van der Waals surface area contributed by atoms with Crippen molar-refractivity contribution in [2.24, 2.45) is 5.73 Å². The van der Waals surface area contributed by atoms with E-state index in [0.29, 0.717) is 30.0 Å². The predicted molar refractivity (Wildman–Crippen MR) is 117 cm³/mol. The lowest BCUT2D eigenvalue weighted by Crippen LogP contribution is -2.52. The Kier molecular flexibility index (Phi) is 8.32. The van der Waals surface area contributed by atoms with Gasteiger partial charge in [0, 0.05) is 29.9 Å². The van der Waals surface area contributed by atoms with Gasteiger partial charge in [0.15, 0.2) is 5.78 Å². The number of halogens is 1. The summed E-state index contributed by atoms with van der Waals surface area (Å²) >= 11 is 1.54.